The molecule has 1 aromatic heterocycles. The fourth-order valence-corrected chi connectivity index (χ4v) is 3.14. The highest BCUT2D eigenvalue weighted by Crippen LogP contribution is 2.31. The van der Waals surface area contributed by atoms with Crippen LogP contribution in [0.25, 0.3) is 0 Å². The van der Waals surface area contributed by atoms with Gasteiger partial charge in [0.15, 0.2) is 5.13 Å². The number of aliphatic carboxylic acids is 1. The molecule has 0 bridgehead atoms. The molecule has 0 spiro atoms. The molecule has 1 aromatic rings. The number of carbonyl (C=O) groups is 2. The number of nitrogen functional groups attached to an aromatic ring is 1. The average molecular weight is 283 g/mol. The molecule has 4 N–H and O–H groups in total. The van der Waals surface area contributed by atoms with Crippen LogP contribution in [0.1, 0.15) is 48.2 Å². The summed E-state index contributed by atoms with van der Waals surface area (Å²) in [5.74, 6) is -1.16. The van der Waals surface area contributed by atoms with Crippen LogP contribution in [0.5, 0.6) is 0 Å². The van der Waals surface area contributed by atoms with Gasteiger partial charge in [-0.25, -0.2) is 4.98 Å². The summed E-state index contributed by atoms with van der Waals surface area (Å²) < 4.78 is 0. The van der Waals surface area contributed by atoms with Crippen LogP contribution in [0.2, 0.25) is 0 Å². The number of carboxylic acid groups (broad SMARTS) is 1. The van der Waals surface area contributed by atoms with Crippen molar-refractivity contribution in [3.8, 4) is 0 Å². The highest BCUT2D eigenvalue weighted by Gasteiger charge is 2.36. The first kappa shape index (κ1) is 13.8. The second-order valence-corrected chi connectivity index (χ2v) is 5.99. The molecule has 1 aliphatic carbocycles. The van der Waals surface area contributed by atoms with Crippen LogP contribution in [0.4, 0.5) is 5.13 Å². The van der Waals surface area contributed by atoms with Gasteiger partial charge in [-0.1, -0.05) is 30.6 Å². The summed E-state index contributed by atoms with van der Waals surface area (Å²) in [6, 6.07) is 0. The zero-order valence-corrected chi connectivity index (χ0v) is 11.3. The highest BCUT2D eigenvalue weighted by molar-refractivity contribution is 7.17. The van der Waals surface area contributed by atoms with Crippen LogP contribution < -0.4 is 11.1 Å². The first-order valence-corrected chi connectivity index (χ1v) is 7.08. The van der Waals surface area contributed by atoms with Crippen LogP contribution in [-0.2, 0) is 4.79 Å². The van der Waals surface area contributed by atoms with Gasteiger partial charge in [-0.05, 0) is 12.8 Å². The van der Waals surface area contributed by atoms with Crippen molar-refractivity contribution in [1.82, 2.24) is 10.3 Å². The molecule has 1 fully saturated rings. The van der Waals surface area contributed by atoms with Crippen molar-refractivity contribution in [2.45, 2.75) is 44.1 Å². The Labute approximate surface area is 115 Å². The van der Waals surface area contributed by atoms with Gasteiger partial charge in [0.25, 0.3) is 5.91 Å². The van der Waals surface area contributed by atoms with E-state index in [1.807, 2.05) is 0 Å². The van der Waals surface area contributed by atoms with E-state index >= 15 is 0 Å². The monoisotopic (exact) mass is 283 g/mol. The Morgan fingerprint density at radius 3 is 2.63 bits per heavy atom. The summed E-state index contributed by atoms with van der Waals surface area (Å²) in [5.41, 5.74) is 4.87. The van der Waals surface area contributed by atoms with Gasteiger partial charge in [-0.3, -0.25) is 9.59 Å². The number of thiazole rings is 1. The Morgan fingerprint density at radius 1 is 1.42 bits per heavy atom. The van der Waals surface area contributed by atoms with E-state index in [4.69, 9.17) is 10.8 Å². The Morgan fingerprint density at radius 2 is 2.11 bits per heavy atom. The van der Waals surface area contributed by atoms with E-state index in [0.717, 1.165) is 30.6 Å². The van der Waals surface area contributed by atoms with Gasteiger partial charge in [0.2, 0.25) is 0 Å². The molecule has 1 heterocycles. The SMILES string of the molecule is Nc1ncc(C(=O)NC2(CC(=O)O)CCCCC2)s1. The van der Waals surface area contributed by atoms with Gasteiger partial charge in [-0.15, -0.1) is 0 Å². The number of aromatic nitrogens is 1. The quantitative estimate of drug-likeness (QED) is 0.779. The Hall–Kier alpha value is -1.63. The molecule has 0 saturated heterocycles. The molecule has 0 aromatic carbocycles. The van der Waals surface area contributed by atoms with Crippen molar-refractivity contribution < 1.29 is 14.7 Å². The molecule has 6 nitrogen and oxygen atoms in total. The topological polar surface area (TPSA) is 105 Å². The zero-order valence-electron chi connectivity index (χ0n) is 10.5. The summed E-state index contributed by atoms with van der Waals surface area (Å²) in [6.07, 6.45) is 5.78. The van der Waals surface area contributed by atoms with Crippen LogP contribution in [0.15, 0.2) is 6.20 Å². The third kappa shape index (κ3) is 3.44. The summed E-state index contributed by atoms with van der Waals surface area (Å²) in [6.45, 7) is 0. The molecule has 0 atom stereocenters. The molecule has 0 aliphatic heterocycles. The second kappa shape index (κ2) is 5.56. The van der Waals surface area contributed by atoms with Crippen molar-refractivity contribution in [2.75, 3.05) is 5.73 Å². The normalized spacial score (nSPS) is 17.9. The molecule has 0 unspecified atom stereocenters. The lowest BCUT2D eigenvalue weighted by atomic mass is 9.79. The van der Waals surface area contributed by atoms with Crippen molar-refractivity contribution in [2.24, 2.45) is 0 Å². The molecule has 104 valence electrons. The minimum atomic E-state index is -0.883. The number of carboxylic acids is 1. The van der Waals surface area contributed by atoms with E-state index in [-0.39, 0.29) is 12.3 Å². The maximum absolute atomic E-state index is 12.1. The third-order valence-electron chi connectivity index (χ3n) is 3.43. The number of nitrogens with two attached hydrogens (primary N) is 1. The molecule has 19 heavy (non-hydrogen) atoms. The van der Waals surface area contributed by atoms with Gasteiger partial charge in [-0.2, -0.15) is 0 Å². The van der Waals surface area contributed by atoms with Crippen LogP contribution in [0.3, 0.4) is 0 Å². The minimum Gasteiger partial charge on any atom is -0.481 e. The molecule has 1 saturated carbocycles. The Kier molecular flexibility index (Phi) is 4.04. The largest absolute Gasteiger partial charge is 0.481 e. The lowest BCUT2D eigenvalue weighted by Crippen LogP contribution is -2.50. The number of anilines is 1. The fraction of sp³-hybridized carbons (Fsp3) is 0.583. The minimum absolute atomic E-state index is 0.0347. The van der Waals surface area contributed by atoms with Crippen molar-refractivity contribution in [3.05, 3.63) is 11.1 Å². The number of rotatable bonds is 4. The number of nitrogens with zero attached hydrogens (tertiary/aromatic N) is 1. The second-order valence-electron chi connectivity index (χ2n) is 4.93. The van der Waals surface area contributed by atoms with E-state index in [1.54, 1.807) is 0 Å². The standard InChI is InChI=1S/C12H17N3O3S/c13-11-14-7-8(19-11)10(18)15-12(6-9(16)17)4-2-1-3-5-12/h7H,1-6H2,(H2,13,14)(H,15,18)(H,16,17). The lowest BCUT2D eigenvalue weighted by molar-refractivity contribution is -0.139. The molecule has 1 aliphatic rings. The van der Waals surface area contributed by atoms with Crippen molar-refractivity contribution in [1.29, 1.82) is 0 Å². The van der Waals surface area contributed by atoms with Gasteiger partial charge in [0.1, 0.15) is 4.88 Å². The van der Waals surface area contributed by atoms with Gasteiger partial charge >= 0.3 is 5.97 Å². The third-order valence-corrected chi connectivity index (χ3v) is 4.25. The molecule has 0 radical (unpaired) electrons. The lowest BCUT2D eigenvalue weighted by Gasteiger charge is -2.36. The molecular formula is C12H17N3O3S. The van der Waals surface area contributed by atoms with Gasteiger partial charge < -0.3 is 16.2 Å². The smallest absolute Gasteiger partial charge is 0.305 e. The number of nitrogens with one attached hydrogen (secondary N) is 1. The molecule has 1 amide bonds. The molecular weight excluding hydrogens is 266 g/mol. The maximum atomic E-state index is 12.1. The summed E-state index contributed by atoms with van der Waals surface area (Å²) in [5, 5.41) is 12.3. The Bertz CT molecular complexity index is 480. The summed E-state index contributed by atoms with van der Waals surface area (Å²) in [4.78, 5) is 27.4. The number of hydrogen-bond donors (Lipinski definition) is 3. The number of amides is 1. The first-order chi connectivity index (χ1) is 9.01. The van der Waals surface area contributed by atoms with Crippen molar-refractivity contribution in [3.63, 3.8) is 0 Å². The molecule has 2 rings (SSSR count). The van der Waals surface area contributed by atoms with E-state index in [2.05, 4.69) is 10.3 Å². The predicted molar refractivity (Wildman–Crippen MR) is 72.1 cm³/mol. The van der Waals surface area contributed by atoms with E-state index in [1.165, 1.54) is 6.20 Å². The van der Waals surface area contributed by atoms with Crippen LogP contribution in [-0.4, -0.2) is 27.5 Å². The van der Waals surface area contributed by atoms with E-state index < -0.39 is 11.5 Å². The summed E-state index contributed by atoms with van der Waals surface area (Å²) >= 11 is 1.11. The highest BCUT2D eigenvalue weighted by atomic mass is 32.1. The first-order valence-electron chi connectivity index (χ1n) is 6.26. The maximum Gasteiger partial charge on any atom is 0.305 e. The fourth-order valence-electron chi connectivity index (χ4n) is 2.56. The van der Waals surface area contributed by atoms with Gasteiger partial charge in [0, 0.05) is 0 Å². The van der Waals surface area contributed by atoms with E-state index in [9.17, 15) is 9.59 Å². The predicted octanol–water partition coefficient (Wildman–Crippen LogP) is 1.63. The summed E-state index contributed by atoms with van der Waals surface area (Å²) in [7, 11) is 0. The average Bonchev–Trinajstić information content (AvgIpc) is 2.76. The van der Waals surface area contributed by atoms with Crippen LogP contribution >= 0.6 is 11.3 Å². The number of carbonyl (C=O) groups excluding carboxylic acids is 1. The van der Waals surface area contributed by atoms with Gasteiger partial charge in [0.05, 0.1) is 18.2 Å². The van der Waals surface area contributed by atoms with E-state index in [0.29, 0.717) is 22.9 Å². The van der Waals surface area contributed by atoms with Crippen molar-refractivity contribution >= 4 is 28.3 Å². The number of hydrogen-bond acceptors (Lipinski definition) is 5. The zero-order chi connectivity index (χ0) is 13.9. The van der Waals surface area contributed by atoms with Crippen LogP contribution in [0, 0.1) is 0 Å². The molecule has 7 heteroatoms. The Balaban J connectivity index is 2.11.